The van der Waals surface area contributed by atoms with Crippen molar-refractivity contribution in [3.63, 3.8) is 0 Å². The Balaban J connectivity index is 1.64. The number of aliphatic hydroxyl groups is 1. The summed E-state index contributed by atoms with van der Waals surface area (Å²) >= 11 is 1.72. The Morgan fingerprint density at radius 1 is 0.938 bits per heavy atom. The van der Waals surface area contributed by atoms with Crippen LogP contribution in [0.3, 0.4) is 0 Å². The van der Waals surface area contributed by atoms with Crippen LogP contribution in [0.4, 0.5) is 0 Å². The molecule has 1 heterocycles. The highest BCUT2D eigenvalue weighted by atomic mass is 32.1. The molecule has 162 valence electrons. The third-order valence-electron chi connectivity index (χ3n) is 4.92. The standard InChI is InChI=1S/C30H30OS/c1-30(2,3)17-6-4-5-9-27(22-31)20-26-12-7-10-24(19-26)14-15-25-11-8-13-28(21-25)29-16-18-32-23-29/h7-8,10-16,18-19,21,23,27,31H,9,20,22H2,1-3H3. The highest BCUT2D eigenvalue weighted by Crippen LogP contribution is 2.24. The first-order valence-electron chi connectivity index (χ1n) is 10.9. The number of aliphatic hydroxyl groups excluding tert-OH is 1. The summed E-state index contributed by atoms with van der Waals surface area (Å²) in [6.45, 7) is 6.33. The van der Waals surface area contributed by atoms with Gasteiger partial charge in [-0.25, -0.2) is 0 Å². The molecule has 2 heteroatoms. The molecular formula is C30H30OS. The van der Waals surface area contributed by atoms with Crippen molar-refractivity contribution in [3.8, 4) is 34.8 Å². The van der Waals surface area contributed by atoms with Gasteiger partial charge in [-0.15, -0.1) is 0 Å². The van der Waals surface area contributed by atoms with E-state index < -0.39 is 0 Å². The Kier molecular flexibility index (Phi) is 8.52. The monoisotopic (exact) mass is 438 g/mol. The first kappa shape index (κ1) is 23.6. The van der Waals surface area contributed by atoms with Crippen LogP contribution in [-0.2, 0) is 6.42 Å². The molecule has 0 aliphatic heterocycles. The smallest absolute Gasteiger partial charge is 0.0471 e. The fraction of sp³-hybridized carbons (Fsp3) is 0.267. The van der Waals surface area contributed by atoms with Crippen molar-refractivity contribution < 1.29 is 5.11 Å². The number of rotatable bonds is 7. The average molecular weight is 439 g/mol. The van der Waals surface area contributed by atoms with Crippen LogP contribution in [0.2, 0.25) is 0 Å². The highest BCUT2D eigenvalue weighted by molar-refractivity contribution is 7.08. The zero-order valence-corrected chi connectivity index (χ0v) is 19.9. The van der Waals surface area contributed by atoms with Gasteiger partial charge in [0, 0.05) is 18.4 Å². The largest absolute Gasteiger partial charge is 0.396 e. The lowest BCUT2D eigenvalue weighted by atomic mass is 9.95. The molecule has 3 aromatic rings. The Hall–Kier alpha value is -3.04. The molecule has 1 unspecified atom stereocenters. The van der Waals surface area contributed by atoms with E-state index in [1.54, 1.807) is 11.3 Å². The van der Waals surface area contributed by atoms with E-state index in [4.69, 9.17) is 0 Å². The van der Waals surface area contributed by atoms with Crippen LogP contribution in [0.5, 0.6) is 0 Å². The normalized spacial score (nSPS) is 12.0. The van der Waals surface area contributed by atoms with E-state index in [9.17, 15) is 5.11 Å². The lowest BCUT2D eigenvalue weighted by Gasteiger charge is -2.11. The number of benzene rings is 2. The average Bonchev–Trinajstić information content (AvgIpc) is 3.31. The van der Waals surface area contributed by atoms with Gasteiger partial charge >= 0.3 is 0 Å². The van der Waals surface area contributed by atoms with Crippen molar-refractivity contribution in [1.29, 1.82) is 0 Å². The molecule has 1 nitrogen and oxygen atoms in total. The third kappa shape index (κ3) is 7.90. The number of hydrogen-bond acceptors (Lipinski definition) is 2. The summed E-state index contributed by atoms with van der Waals surface area (Å²) in [5, 5.41) is 14.1. The Bertz CT molecular complexity index is 1160. The zero-order valence-electron chi connectivity index (χ0n) is 19.1. The molecule has 32 heavy (non-hydrogen) atoms. The van der Waals surface area contributed by atoms with Gasteiger partial charge in [0.05, 0.1) is 0 Å². The lowest BCUT2D eigenvalue weighted by molar-refractivity contribution is 0.228. The second-order valence-corrected chi connectivity index (χ2v) is 9.75. The molecule has 0 aliphatic rings. The van der Waals surface area contributed by atoms with Crippen molar-refractivity contribution in [2.45, 2.75) is 33.6 Å². The molecule has 0 radical (unpaired) electrons. The highest BCUT2D eigenvalue weighted by Gasteiger charge is 2.08. The van der Waals surface area contributed by atoms with Gasteiger partial charge in [-0.2, -0.15) is 11.3 Å². The van der Waals surface area contributed by atoms with E-state index in [2.05, 4.69) is 122 Å². The molecule has 0 aliphatic carbocycles. The Labute approximate surface area is 196 Å². The molecular weight excluding hydrogens is 408 g/mol. The van der Waals surface area contributed by atoms with Crippen LogP contribution < -0.4 is 0 Å². The van der Waals surface area contributed by atoms with Crippen molar-refractivity contribution >= 4 is 23.5 Å². The first-order chi connectivity index (χ1) is 15.4. The molecule has 1 N–H and O–H groups in total. The summed E-state index contributed by atoms with van der Waals surface area (Å²) in [4.78, 5) is 0. The fourth-order valence-corrected chi connectivity index (χ4v) is 3.92. The van der Waals surface area contributed by atoms with E-state index in [1.807, 2.05) is 0 Å². The molecule has 0 saturated carbocycles. The maximum absolute atomic E-state index is 9.78. The van der Waals surface area contributed by atoms with Crippen molar-refractivity contribution in [2.75, 3.05) is 6.61 Å². The summed E-state index contributed by atoms with van der Waals surface area (Å²) in [6, 6.07) is 19.2. The molecule has 1 atom stereocenters. The molecule has 2 aromatic carbocycles. The van der Waals surface area contributed by atoms with E-state index in [-0.39, 0.29) is 17.9 Å². The predicted molar refractivity (Wildman–Crippen MR) is 139 cm³/mol. The summed E-state index contributed by atoms with van der Waals surface area (Å²) in [6.07, 6.45) is 5.74. The number of hydrogen-bond donors (Lipinski definition) is 1. The van der Waals surface area contributed by atoms with Crippen molar-refractivity contribution in [1.82, 2.24) is 0 Å². The van der Waals surface area contributed by atoms with Crippen molar-refractivity contribution in [3.05, 3.63) is 82.0 Å². The van der Waals surface area contributed by atoms with Gasteiger partial charge < -0.3 is 5.11 Å². The number of thiophene rings is 1. The third-order valence-corrected chi connectivity index (χ3v) is 5.61. The lowest BCUT2D eigenvalue weighted by Crippen LogP contribution is -2.08. The second kappa shape index (κ2) is 11.5. The van der Waals surface area contributed by atoms with Gasteiger partial charge in [0.2, 0.25) is 0 Å². The van der Waals surface area contributed by atoms with Gasteiger partial charge in [-0.05, 0) is 95.7 Å². The van der Waals surface area contributed by atoms with Crippen LogP contribution in [-0.4, -0.2) is 11.7 Å². The quantitative estimate of drug-likeness (QED) is 0.306. The molecule has 0 saturated heterocycles. The maximum Gasteiger partial charge on any atom is 0.0471 e. The predicted octanol–water partition coefficient (Wildman–Crippen LogP) is 7.18. The molecule has 0 amide bonds. The van der Waals surface area contributed by atoms with Gasteiger partial charge in [-0.3, -0.25) is 0 Å². The Morgan fingerprint density at radius 3 is 2.38 bits per heavy atom. The minimum absolute atomic E-state index is 0.0375. The first-order valence-corrected chi connectivity index (χ1v) is 11.9. The minimum atomic E-state index is -0.0375. The molecule has 0 bridgehead atoms. The van der Waals surface area contributed by atoms with Crippen LogP contribution >= 0.6 is 11.3 Å². The Morgan fingerprint density at radius 2 is 1.69 bits per heavy atom. The SMILES string of the molecule is CC(C)(C)C#CC#CCC(CO)Cc1cccc(C=Cc2cccc(-c3ccsc3)c2)c1. The van der Waals surface area contributed by atoms with Gasteiger partial charge in [0.25, 0.3) is 0 Å². The molecule has 3 rings (SSSR count). The van der Waals surface area contributed by atoms with Gasteiger partial charge in [0.15, 0.2) is 0 Å². The summed E-state index contributed by atoms with van der Waals surface area (Å²) in [7, 11) is 0. The fourth-order valence-electron chi connectivity index (χ4n) is 3.26. The van der Waals surface area contributed by atoms with E-state index in [0.29, 0.717) is 6.42 Å². The van der Waals surface area contributed by atoms with Crippen LogP contribution in [0.15, 0.2) is 65.4 Å². The van der Waals surface area contributed by atoms with E-state index >= 15 is 0 Å². The zero-order chi connectivity index (χ0) is 22.8. The molecule has 0 fully saturated rings. The topological polar surface area (TPSA) is 20.2 Å². The molecule has 1 aromatic heterocycles. The van der Waals surface area contributed by atoms with Crippen LogP contribution in [0, 0.1) is 35.0 Å². The van der Waals surface area contributed by atoms with E-state index in [1.165, 1.54) is 22.3 Å². The summed E-state index contributed by atoms with van der Waals surface area (Å²) in [5.74, 6) is 12.2. The summed E-state index contributed by atoms with van der Waals surface area (Å²) in [5.41, 5.74) is 6.00. The van der Waals surface area contributed by atoms with Crippen LogP contribution in [0.25, 0.3) is 23.3 Å². The minimum Gasteiger partial charge on any atom is -0.396 e. The van der Waals surface area contributed by atoms with Gasteiger partial charge in [0.1, 0.15) is 0 Å². The van der Waals surface area contributed by atoms with Gasteiger partial charge in [-0.1, -0.05) is 66.5 Å². The molecule has 0 spiro atoms. The van der Waals surface area contributed by atoms with Crippen LogP contribution in [0.1, 0.15) is 43.9 Å². The van der Waals surface area contributed by atoms with Crippen molar-refractivity contribution in [2.24, 2.45) is 11.3 Å². The second-order valence-electron chi connectivity index (χ2n) is 8.97. The van der Waals surface area contributed by atoms with E-state index in [0.717, 1.165) is 12.0 Å². The summed E-state index contributed by atoms with van der Waals surface area (Å²) < 4.78 is 0. The maximum atomic E-state index is 9.78.